The molecule has 38 valence electrons. The zero-order valence-corrected chi connectivity index (χ0v) is 6.14. The van der Waals surface area contributed by atoms with Gasteiger partial charge in [0.25, 0.3) is 0 Å². The molecule has 0 bridgehead atoms. The van der Waals surface area contributed by atoms with E-state index in [1.54, 1.807) is 0 Å². The van der Waals surface area contributed by atoms with Gasteiger partial charge < -0.3 is 5.73 Å². The monoisotopic (exact) mass is 177 g/mol. The summed E-state index contributed by atoms with van der Waals surface area (Å²) in [4.78, 5) is 9.47. The van der Waals surface area contributed by atoms with E-state index in [2.05, 4.69) is 12.3 Å². The Morgan fingerprint density at radius 1 is 1.71 bits per heavy atom. The van der Waals surface area contributed by atoms with Crippen LogP contribution in [0.2, 0.25) is 0 Å². The molecule has 0 aliphatic carbocycles. The molecule has 2 N–H and O–H groups in total. The van der Waals surface area contributed by atoms with Crippen LogP contribution in [0.15, 0.2) is 12.7 Å². The van der Waals surface area contributed by atoms with Crippen molar-refractivity contribution in [3.8, 4) is 0 Å². The fourth-order valence-corrected chi connectivity index (χ4v) is 0. The summed E-state index contributed by atoms with van der Waals surface area (Å²) >= 11 is 0.300. The summed E-state index contributed by atoms with van der Waals surface area (Å²) in [5, 5.41) is 0. The third kappa shape index (κ3) is 24.9. The van der Waals surface area contributed by atoms with Gasteiger partial charge in [0.05, 0.1) is 0 Å². The van der Waals surface area contributed by atoms with Gasteiger partial charge in [-0.05, 0) is 6.08 Å². The number of carbonyl (C=O) groups is 1. The van der Waals surface area contributed by atoms with Crippen molar-refractivity contribution in [3.05, 3.63) is 12.7 Å². The predicted octanol–water partition coefficient (Wildman–Crippen LogP) is -0.464. The standard InChI is InChI=1S/C3H5NO.O.Zr/c1-2-3(4)5;;/h2H,1H2,(H2,4,5);;. The summed E-state index contributed by atoms with van der Waals surface area (Å²) in [6.45, 7) is 3.09. The number of amides is 1. The summed E-state index contributed by atoms with van der Waals surface area (Å²) in [6.07, 6.45) is 1.06. The van der Waals surface area contributed by atoms with E-state index >= 15 is 0 Å². The number of hydrogen-bond donors (Lipinski definition) is 1. The van der Waals surface area contributed by atoms with Crippen molar-refractivity contribution in [2.45, 2.75) is 0 Å². The van der Waals surface area contributed by atoms with Crippen LogP contribution in [0.5, 0.6) is 0 Å². The van der Waals surface area contributed by atoms with E-state index in [-0.39, 0.29) is 0 Å². The SMILES string of the molecule is C=CC(N)=O.[O]=[Zr]. The maximum absolute atomic E-state index is 9.47. The molecule has 0 spiro atoms. The molecule has 0 saturated carbocycles. The van der Waals surface area contributed by atoms with Gasteiger partial charge in [-0.2, -0.15) is 0 Å². The average Bonchev–Trinajstić information content (AvgIpc) is 1.73. The molecule has 7 heavy (non-hydrogen) atoms. The zero-order chi connectivity index (χ0) is 6.28. The molecule has 0 saturated heterocycles. The molecule has 0 fully saturated rings. The molecular weight excluding hydrogens is 173 g/mol. The van der Waals surface area contributed by atoms with Gasteiger partial charge >= 0.3 is 27.5 Å². The van der Waals surface area contributed by atoms with Gasteiger partial charge in [-0.1, -0.05) is 6.58 Å². The van der Waals surface area contributed by atoms with Gasteiger partial charge in [0.1, 0.15) is 0 Å². The normalized spacial score (nSPS) is 5.00. The van der Waals surface area contributed by atoms with E-state index in [1.165, 1.54) is 0 Å². The summed E-state index contributed by atoms with van der Waals surface area (Å²) in [7, 11) is 0. The van der Waals surface area contributed by atoms with Crippen LogP contribution in [0.3, 0.4) is 0 Å². The number of primary amides is 1. The van der Waals surface area contributed by atoms with E-state index in [1.807, 2.05) is 0 Å². The second-order valence-electron chi connectivity index (χ2n) is 0.606. The zero-order valence-electron chi connectivity index (χ0n) is 3.68. The van der Waals surface area contributed by atoms with E-state index in [0.29, 0.717) is 24.7 Å². The van der Waals surface area contributed by atoms with Crippen molar-refractivity contribution in [3.63, 3.8) is 0 Å². The fraction of sp³-hybridized carbons (Fsp3) is 0. The molecule has 1 amide bonds. The molecular formula is C3H5NO2Zr. The third-order valence-electron chi connectivity index (χ3n) is 0.201. The molecule has 0 rings (SSSR count). The van der Waals surface area contributed by atoms with E-state index in [9.17, 15) is 4.79 Å². The average molecular weight is 178 g/mol. The van der Waals surface area contributed by atoms with Gasteiger partial charge in [-0.25, -0.2) is 0 Å². The maximum atomic E-state index is 9.47. The van der Waals surface area contributed by atoms with Crippen molar-refractivity contribution >= 4 is 5.91 Å². The van der Waals surface area contributed by atoms with E-state index in [4.69, 9.17) is 2.81 Å². The van der Waals surface area contributed by atoms with Crippen molar-refractivity contribution in [2.75, 3.05) is 0 Å². The van der Waals surface area contributed by atoms with Crippen molar-refractivity contribution in [1.82, 2.24) is 0 Å². The molecule has 0 heterocycles. The number of rotatable bonds is 1. The Morgan fingerprint density at radius 3 is 1.86 bits per heavy atom. The molecule has 3 nitrogen and oxygen atoms in total. The van der Waals surface area contributed by atoms with Gasteiger partial charge in [-0.3, -0.25) is 4.79 Å². The van der Waals surface area contributed by atoms with Gasteiger partial charge in [0.2, 0.25) is 5.91 Å². The molecule has 0 aromatic rings. The van der Waals surface area contributed by atoms with E-state index in [0.717, 1.165) is 6.08 Å². The van der Waals surface area contributed by atoms with Crippen LogP contribution < -0.4 is 5.73 Å². The number of hydrogen-bond acceptors (Lipinski definition) is 2. The topological polar surface area (TPSA) is 60.2 Å². The summed E-state index contributed by atoms with van der Waals surface area (Å²) in [5.74, 6) is -0.481. The predicted molar refractivity (Wildman–Crippen MR) is 20.1 cm³/mol. The first-order valence-electron chi connectivity index (χ1n) is 1.39. The quantitative estimate of drug-likeness (QED) is 0.552. The van der Waals surface area contributed by atoms with Crippen LogP contribution in [0, 0.1) is 0 Å². The molecule has 0 radical (unpaired) electrons. The number of nitrogens with two attached hydrogens (primary N) is 1. The molecule has 0 aliphatic rings. The molecule has 0 aromatic heterocycles. The Balaban J connectivity index is 0. The molecule has 0 aliphatic heterocycles. The Kier molecular flexibility index (Phi) is 13.3. The Labute approximate surface area is 56.9 Å². The van der Waals surface area contributed by atoms with Crippen LogP contribution in [-0.2, 0) is 32.3 Å². The second kappa shape index (κ2) is 9.31. The number of carbonyl (C=O) groups excluding carboxylic acids is 1. The van der Waals surface area contributed by atoms with Crippen molar-refractivity contribution in [1.29, 1.82) is 0 Å². The van der Waals surface area contributed by atoms with Gasteiger partial charge in [0.15, 0.2) is 0 Å². The Morgan fingerprint density at radius 2 is 1.86 bits per heavy atom. The first kappa shape index (κ1) is 10.00. The first-order valence-corrected chi connectivity index (χ1v) is 2.40. The fourth-order valence-electron chi connectivity index (χ4n) is 0. The second-order valence-corrected chi connectivity index (χ2v) is 0.606. The van der Waals surface area contributed by atoms with Crippen molar-refractivity contribution < 1.29 is 32.3 Å². The Hall–Kier alpha value is -0.107. The minimum absolute atomic E-state index is 0.300. The van der Waals surface area contributed by atoms with E-state index < -0.39 is 5.91 Å². The molecule has 0 aromatic carbocycles. The van der Waals surface area contributed by atoms with Gasteiger partial charge in [-0.15, -0.1) is 0 Å². The van der Waals surface area contributed by atoms with Crippen LogP contribution in [0.4, 0.5) is 0 Å². The van der Waals surface area contributed by atoms with Crippen LogP contribution >= 0.6 is 0 Å². The van der Waals surface area contributed by atoms with Crippen LogP contribution in [-0.4, -0.2) is 5.91 Å². The summed E-state index contributed by atoms with van der Waals surface area (Å²) < 4.78 is 8.34. The molecule has 0 unspecified atom stereocenters. The van der Waals surface area contributed by atoms with Crippen LogP contribution in [0.1, 0.15) is 0 Å². The molecule has 0 atom stereocenters. The molecule has 4 heteroatoms. The minimum atomic E-state index is -0.481. The Bertz CT molecular complexity index is 73.3. The summed E-state index contributed by atoms with van der Waals surface area (Å²) in [6, 6.07) is 0. The van der Waals surface area contributed by atoms with Crippen molar-refractivity contribution in [2.24, 2.45) is 5.73 Å². The first-order chi connectivity index (χ1) is 3.27. The third-order valence-corrected chi connectivity index (χ3v) is 0.201. The van der Waals surface area contributed by atoms with Gasteiger partial charge in [0, 0.05) is 0 Å². The summed E-state index contributed by atoms with van der Waals surface area (Å²) in [5.41, 5.74) is 4.53. The van der Waals surface area contributed by atoms with Crippen LogP contribution in [0.25, 0.3) is 0 Å².